The summed E-state index contributed by atoms with van der Waals surface area (Å²) in [6.45, 7) is 3.20. The number of hydrogen-bond acceptors (Lipinski definition) is 4. The Balaban J connectivity index is 1.76. The van der Waals surface area contributed by atoms with Crippen molar-refractivity contribution in [3.63, 3.8) is 0 Å². The zero-order chi connectivity index (χ0) is 14.5. The van der Waals surface area contributed by atoms with Crippen molar-refractivity contribution in [2.24, 2.45) is 11.7 Å². The molecular formula is C13H21N3O2S2. The normalized spacial score (nSPS) is 22.9. The SMILES string of the molecule is NC(=O)[C@@H]1CCCN(C(=O)CSC(=S)N2CCCC2)C1. The van der Waals surface area contributed by atoms with Crippen molar-refractivity contribution in [1.29, 1.82) is 0 Å². The number of thioether (sulfide) groups is 1. The van der Waals surface area contributed by atoms with Crippen molar-refractivity contribution in [3.8, 4) is 0 Å². The molecule has 0 radical (unpaired) electrons. The maximum absolute atomic E-state index is 12.2. The van der Waals surface area contributed by atoms with Gasteiger partial charge in [0.15, 0.2) is 0 Å². The van der Waals surface area contributed by atoms with Gasteiger partial charge in [-0.1, -0.05) is 24.0 Å². The Kier molecular flexibility index (Phi) is 5.65. The molecule has 0 aliphatic carbocycles. The Labute approximate surface area is 129 Å². The number of hydrogen-bond donors (Lipinski definition) is 1. The number of thiocarbonyl (C=S) groups is 1. The number of carbonyl (C=O) groups is 2. The minimum Gasteiger partial charge on any atom is -0.369 e. The smallest absolute Gasteiger partial charge is 0.233 e. The monoisotopic (exact) mass is 315 g/mol. The molecule has 2 aliphatic rings. The maximum Gasteiger partial charge on any atom is 0.233 e. The molecule has 2 saturated heterocycles. The Morgan fingerprint density at radius 1 is 1.15 bits per heavy atom. The topological polar surface area (TPSA) is 66.6 Å². The third-order valence-corrected chi connectivity index (χ3v) is 5.37. The fraction of sp³-hybridized carbons (Fsp3) is 0.769. The number of nitrogens with two attached hydrogens (primary N) is 1. The van der Waals surface area contributed by atoms with Gasteiger partial charge in [0.1, 0.15) is 4.32 Å². The van der Waals surface area contributed by atoms with Crippen molar-refractivity contribution in [3.05, 3.63) is 0 Å². The first-order valence-electron chi connectivity index (χ1n) is 7.06. The van der Waals surface area contributed by atoms with Crippen LogP contribution in [0.2, 0.25) is 0 Å². The van der Waals surface area contributed by atoms with Gasteiger partial charge < -0.3 is 15.5 Å². The van der Waals surface area contributed by atoms with Crippen molar-refractivity contribution < 1.29 is 9.59 Å². The quantitative estimate of drug-likeness (QED) is 0.781. The molecule has 0 unspecified atom stereocenters. The highest BCUT2D eigenvalue weighted by Crippen LogP contribution is 2.19. The van der Waals surface area contributed by atoms with Gasteiger partial charge in [0, 0.05) is 26.2 Å². The second-order valence-electron chi connectivity index (χ2n) is 5.33. The van der Waals surface area contributed by atoms with Gasteiger partial charge in [-0.15, -0.1) is 0 Å². The van der Waals surface area contributed by atoms with Gasteiger partial charge in [-0.05, 0) is 25.7 Å². The molecule has 5 nitrogen and oxygen atoms in total. The summed E-state index contributed by atoms with van der Waals surface area (Å²) in [5.41, 5.74) is 5.32. The first-order valence-corrected chi connectivity index (χ1v) is 8.46. The van der Waals surface area contributed by atoms with Crippen LogP contribution < -0.4 is 5.73 Å². The fourth-order valence-electron chi connectivity index (χ4n) is 2.64. The van der Waals surface area contributed by atoms with Gasteiger partial charge in [0.2, 0.25) is 11.8 Å². The van der Waals surface area contributed by atoms with Gasteiger partial charge in [-0.2, -0.15) is 0 Å². The molecular weight excluding hydrogens is 294 g/mol. The Morgan fingerprint density at radius 2 is 1.80 bits per heavy atom. The van der Waals surface area contributed by atoms with E-state index >= 15 is 0 Å². The second-order valence-corrected chi connectivity index (χ2v) is 6.94. The van der Waals surface area contributed by atoms with Gasteiger partial charge in [0.05, 0.1) is 11.7 Å². The van der Waals surface area contributed by atoms with Crippen molar-refractivity contribution in [2.45, 2.75) is 25.7 Å². The van der Waals surface area contributed by atoms with E-state index in [2.05, 4.69) is 4.90 Å². The highest BCUT2D eigenvalue weighted by Gasteiger charge is 2.27. The summed E-state index contributed by atoms with van der Waals surface area (Å²) < 4.78 is 0.819. The van der Waals surface area contributed by atoms with Crippen molar-refractivity contribution in [2.75, 3.05) is 31.9 Å². The Morgan fingerprint density at radius 3 is 2.45 bits per heavy atom. The van der Waals surface area contributed by atoms with Crippen LogP contribution in [0, 0.1) is 5.92 Å². The molecule has 2 aliphatic heterocycles. The Hall–Kier alpha value is -0.820. The molecule has 0 bridgehead atoms. The number of rotatable bonds is 3. The second kappa shape index (κ2) is 7.26. The minimum atomic E-state index is -0.303. The number of likely N-dealkylation sites (tertiary alicyclic amines) is 2. The van der Waals surface area contributed by atoms with E-state index in [4.69, 9.17) is 18.0 Å². The third-order valence-electron chi connectivity index (χ3n) is 3.86. The zero-order valence-electron chi connectivity index (χ0n) is 11.5. The molecule has 2 amide bonds. The summed E-state index contributed by atoms with van der Waals surface area (Å²) in [5, 5.41) is 0. The average Bonchev–Trinajstić information content (AvgIpc) is 2.98. The molecule has 2 fully saturated rings. The zero-order valence-corrected chi connectivity index (χ0v) is 13.2. The van der Waals surface area contributed by atoms with Crippen molar-refractivity contribution >= 4 is 40.1 Å². The number of primary amides is 1. The lowest BCUT2D eigenvalue weighted by Gasteiger charge is -2.31. The van der Waals surface area contributed by atoms with E-state index in [1.54, 1.807) is 4.90 Å². The lowest BCUT2D eigenvalue weighted by molar-refractivity contribution is -0.132. The maximum atomic E-state index is 12.2. The van der Waals surface area contributed by atoms with Crippen LogP contribution in [0.4, 0.5) is 0 Å². The predicted molar refractivity (Wildman–Crippen MR) is 84.4 cm³/mol. The van der Waals surface area contributed by atoms with Crippen LogP contribution in [0.25, 0.3) is 0 Å². The summed E-state index contributed by atoms with van der Waals surface area (Å²) in [4.78, 5) is 27.3. The molecule has 2 rings (SSSR count). The molecule has 0 spiro atoms. The summed E-state index contributed by atoms with van der Waals surface area (Å²) in [6.07, 6.45) is 4.00. The van der Waals surface area contributed by atoms with Crippen LogP contribution in [0.3, 0.4) is 0 Å². The van der Waals surface area contributed by atoms with Crippen LogP contribution in [0.5, 0.6) is 0 Å². The average molecular weight is 315 g/mol. The van der Waals surface area contributed by atoms with Crippen molar-refractivity contribution in [1.82, 2.24) is 9.80 Å². The molecule has 2 N–H and O–H groups in total. The van der Waals surface area contributed by atoms with Crippen LogP contribution in [0.15, 0.2) is 0 Å². The molecule has 2 heterocycles. The molecule has 0 aromatic rings. The number of carbonyl (C=O) groups excluding carboxylic acids is 2. The van der Waals surface area contributed by atoms with E-state index in [9.17, 15) is 9.59 Å². The summed E-state index contributed by atoms with van der Waals surface area (Å²) >= 11 is 6.78. The van der Waals surface area contributed by atoms with E-state index in [0.29, 0.717) is 12.3 Å². The van der Waals surface area contributed by atoms with E-state index in [-0.39, 0.29) is 17.7 Å². The first kappa shape index (κ1) is 15.6. The van der Waals surface area contributed by atoms with Crippen LogP contribution in [-0.2, 0) is 9.59 Å². The summed E-state index contributed by atoms with van der Waals surface area (Å²) in [7, 11) is 0. The lowest BCUT2D eigenvalue weighted by Crippen LogP contribution is -2.45. The lowest BCUT2D eigenvalue weighted by atomic mass is 9.97. The third kappa shape index (κ3) is 4.09. The van der Waals surface area contributed by atoms with Crippen LogP contribution in [-0.4, -0.2) is 57.9 Å². The number of amides is 2. The molecule has 0 aromatic heterocycles. The molecule has 0 aromatic carbocycles. The fourth-order valence-corrected chi connectivity index (χ4v) is 3.80. The van der Waals surface area contributed by atoms with E-state index in [1.165, 1.54) is 24.6 Å². The standard InChI is InChI=1S/C13H21N3O2S2/c14-12(18)10-4-3-7-16(8-10)11(17)9-20-13(19)15-5-1-2-6-15/h10H,1-9H2,(H2,14,18)/t10-/m1/s1. The predicted octanol–water partition coefficient (Wildman–Crippen LogP) is 0.824. The number of piperidine rings is 1. The highest BCUT2D eigenvalue weighted by atomic mass is 32.2. The largest absolute Gasteiger partial charge is 0.369 e. The van der Waals surface area contributed by atoms with Gasteiger partial charge in [0.25, 0.3) is 0 Å². The Bertz CT molecular complexity index is 397. The van der Waals surface area contributed by atoms with E-state index in [0.717, 1.165) is 36.8 Å². The minimum absolute atomic E-state index is 0.0579. The van der Waals surface area contributed by atoms with Crippen LogP contribution >= 0.6 is 24.0 Å². The first-order chi connectivity index (χ1) is 9.58. The summed E-state index contributed by atoms with van der Waals surface area (Å²) in [5.74, 6) is -0.0747. The molecule has 112 valence electrons. The van der Waals surface area contributed by atoms with E-state index < -0.39 is 0 Å². The van der Waals surface area contributed by atoms with Gasteiger partial charge in [-0.25, -0.2) is 0 Å². The molecule has 1 atom stereocenters. The molecule has 7 heteroatoms. The highest BCUT2D eigenvalue weighted by molar-refractivity contribution is 8.23. The summed E-state index contributed by atoms with van der Waals surface area (Å²) in [6, 6.07) is 0. The van der Waals surface area contributed by atoms with Gasteiger partial charge >= 0.3 is 0 Å². The molecule has 20 heavy (non-hydrogen) atoms. The van der Waals surface area contributed by atoms with Crippen LogP contribution in [0.1, 0.15) is 25.7 Å². The van der Waals surface area contributed by atoms with E-state index in [1.807, 2.05) is 0 Å². The number of nitrogens with zero attached hydrogens (tertiary/aromatic N) is 2. The van der Waals surface area contributed by atoms with Gasteiger partial charge in [-0.3, -0.25) is 9.59 Å². The molecule has 0 saturated carbocycles.